The summed E-state index contributed by atoms with van der Waals surface area (Å²) in [4.78, 5) is 11.1. The molecule has 90 valence electrons. The smallest absolute Gasteiger partial charge is 0.163 e. The largest absolute Gasteiger partial charge is 0.216 e. The van der Waals surface area contributed by atoms with Crippen LogP contribution in [0, 0.1) is 13.8 Å². The van der Waals surface area contributed by atoms with E-state index in [0.717, 1.165) is 17.5 Å². The molecule has 0 aliphatic heterocycles. The lowest BCUT2D eigenvalue weighted by Crippen LogP contribution is -1.96. The van der Waals surface area contributed by atoms with Crippen molar-refractivity contribution >= 4 is 34.5 Å². The van der Waals surface area contributed by atoms with Crippen molar-refractivity contribution in [2.75, 3.05) is 0 Å². The summed E-state index contributed by atoms with van der Waals surface area (Å²) >= 11 is 13.9. The highest BCUT2D eigenvalue weighted by atomic mass is 35.5. The topological polar surface area (TPSA) is 25.8 Å². The first-order chi connectivity index (χ1) is 8.02. The highest BCUT2D eigenvalue weighted by Crippen LogP contribution is 2.31. The van der Waals surface area contributed by atoms with Gasteiger partial charge in [0.15, 0.2) is 5.82 Å². The van der Waals surface area contributed by atoms with E-state index in [0.29, 0.717) is 16.1 Å². The van der Waals surface area contributed by atoms with Gasteiger partial charge in [0.2, 0.25) is 0 Å². The summed E-state index contributed by atoms with van der Waals surface area (Å²) in [5.41, 5.74) is 1.82. The Labute approximate surface area is 115 Å². The SMILES string of the molecule is CCc1c(Cl)nc(-c2cc(C)sc2C)nc1Cl. The second-order valence-corrected chi connectivity index (χ2v) is 5.96. The van der Waals surface area contributed by atoms with E-state index in [4.69, 9.17) is 23.2 Å². The third kappa shape index (κ3) is 2.46. The maximum Gasteiger partial charge on any atom is 0.163 e. The van der Waals surface area contributed by atoms with Gasteiger partial charge in [-0.2, -0.15) is 0 Å². The van der Waals surface area contributed by atoms with Crippen LogP contribution >= 0.6 is 34.5 Å². The first-order valence-corrected chi connectivity index (χ1v) is 6.89. The number of halogens is 2. The van der Waals surface area contributed by atoms with Gasteiger partial charge in [-0.3, -0.25) is 0 Å². The van der Waals surface area contributed by atoms with Crippen molar-refractivity contribution in [3.63, 3.8) is 0 Å². The maximum absolute atomic E-state index is 6.11. The van der Waals surface area contributed by atoms with Crippen LogP contribution in [-0.4, -0.2) is 9.97 Å². The zero-order valence-corrected chi connectivity index (χ0v) is 12.2. The predicted molar refractivity (Wildman–Crippen MR) is 74.2 cm³/mol. The number of hydrogen-bond donors (Lipinski definition) is 0. The van der Waals surface area contributed by atoms with Gasteiger partial charge in [0.1, 0.15) is 10.3 Å². The van der Waals surface area contributed by atoms with E-state index < -0.39 is 0 Å². The molecule has 0 N–H and O–H groups in total. The van der Waals surface area contributed by atoms with E-state index in [9.17, 15) is 0 Å². The molecule has 0 aromatic carbocycles. The molecule has 0 amide bonds. The molecule has 0 fully saturated rings. The van der Waals surface area contributed by atoms with E-state index in [1.165, 1.54) is 9.75 Å². The Kier molecular flexibility index (Phi) is 3.71. The molecule has 2 aromatic heterocycles. The summed E-state index contributed by atoms with van der Waals surface area (Å²) in [6, 6.07) is 2.06. The molecule has 2 rings (SSSR count). The average molecular weight is 287 g/mol. The minimum absolute atomic E-state index is 0.450. The van der Waals surface area contributed by atoms with Gasteiger partial charge >= 0.3 is 0 Å². The number of thiophene rings is 1. The summed E-state index contributed by atoms with van der Waals surface area (Å²) in [5, 5.41) is 0.900. The third-order valence-corrected chi connectivity index (χ3v) is 4.13. The van der Waals surface area contributed by atoms with Gasteiger partial charge < -0.3 is 0 Å². The lowest BCUT2D eigenvalue weighted by Gasteiger charge is -2.05. The van der Waals surface area contributed by atoms with E-state index in [1.807, 2.05) is 13.8 Å². The van der Waals surface area contributed by atoms with Crippen LogP contribution in [0.2, 0.25) is 10.3 Å². The monoisotopic (exact) mass is 286 g/mol. The lowest BCUT2D eigenvalue weighted by molar-refractivity contribution is 1.05. The lowest BCUT2D eigenvalue weighted by atomic mass is 10.2. The van der Waals surface area contributed by atoms with Crippen LogP contribution in [0.15, 0.2) is 6.07 Å². The molecule has 0 bridgehead atoms. The summed E-state index contributed by atoms with van der Waals surface area (Å²) in [5.74, 6) is 0.610. The Morgan fingerprint density at radius 1 is 1.18 bits per heavy atom. The summed E-state index contributed by atoms with van der Waals surface area (Å²) in [6.07, 6.45) is 0.736. The minimum atomic E-state index is 0.450. The van der Waals surface area contributed by atoms with Crippen LogP contribution in [0.5, 0.6) is 0 Å². The van der Waals surface area contributed by atoms with Crippen LogP contribution in [0.4, 0.5) is 0 Å². The van der Waals surface area contributed by atoms with E-state index in [1.54, 1.807) is 11.3 Å². The zero-order valence-electron chi connectivity index (χ0n) is 9.84. The van der Waals surface area contributed by atoms with Crippen molar-refractivity contribution in [2.45, 2.75) is 27.2 Å². The standard InChI is InChI=1S/C12H12Cl2N2S/c1-4-8-10(13)15-12(16-11(8)14)9-5-6(2)17-7(9)3/h5H,4H2,1-3H3. The van der Waals surface area contributed by atoms with Crippen molar-refractivity contribution in [2.24, 2.45) is 0 Å². The third-order valence-electron chi connectivity index (χ3n) is 2.54. The van der Waals surface area contributed by atoms with Crippen LogP contribution in [-0.2, 0) is 6.42 Å². The van der Waals surface area contributed by atoms with Crippen LogP contribution < -0.4 is 0 Å². The van der Waals surface area contributed by atoms with Crippen molar-refractivity contribution in [1.29, 1.82) is 0 Å². The summed E-state index contributed by atoms with van der Waals surface area (Å²) in [6.45, 7) is 6.09. The fourth-order valence-electron chi connectivity index (χ4n) is 1.70. The fourth-order valence-corrected chi connectivity index (χ4v) is 3.27. The number of aryl methyl sites for hydroxylation is 2. The molecule has 2 aromatic rings. The molecule has 17 heavy (non-hydrogen) atoms. The molecule has 0 saturated carbocycles. The Bertz CT molecular complexity index is 541. The van der Waals surface area contributed by atoms with Gasteiger partial charge in [-0.1, -0.05) is 30.1 Å². The van der Waals surface area contributed by atoms with Crippen LogP contribution in [0.1, 0.15) is 22.2 Å². The van der Waals surface area contributed by atoms with Crippen LogP contribution in [0.25, 0.3) is 11.4 Å². The van der Waals surface area contributed by atoms with Crippen molar-refractivity contribution in [1.82, 2.24) is 9.97 Å². The van der Waals surface area contributed by atoms with Gasteiger partial charge in [-0.15, -0.1) is 11.3 Å². The molecule has 0 radical (unpaired) electrons. The highest BCUT2D eigenvalue weighted by Gasteiger charge is 2.14. The Morgan fingerprint density at radius 3 is 2.18 bits per heavy atom. The molecule has 0 spiro atoms. The Morgan fingerprint density at radius 2 is 1.76 bits per heavy atom. The molecule has 0 saturated heterocycles. The number of hydrogen-bond acceptors (Lipinski definition) is 3. The van der Waals surface area contributed by atoms with E-state index >= 15 is 0 Å². The van der Waals surface area contributed by atoms with Crippen molar-refractivity contribution in [3.05, 3.63) is 31.7 Å². The Hall–Kier alpha value is -0.640. The molecule has 2 heterocycles. The first-order valence-electron chi connectivity index (χ1n) is 5.32. The van der Waals surface area contributed by atoms with Crippen molar-refractivity contribution < 1.29 is 0 Å². The molecule has 0 aliphatic carbocycles. The van der Waals surface area contributed by atoms with E-state index in [-0.39, 0.29) is 0 Å². The second kappa shape index (κ2) is 4.92. The molecular formula is C12H12Cl2N2S. The number of rotatable bonds is 2. The Balaban J connectivity index is 2.58. The minimum Gasteiger partial charge on any atom is -0.216 e. The van der Waals surface area contributed by atoms with Gasteiger partial charge in [-0.05, 0) is 26.3 Å². The number of nitrogens with zero attached hydrogens (tertiary/aromatic N) is 2. The quantitative estimate of drug-likeness (QED) is 0.749. The number of aromatic nitrogens is 2. The maximum atomic E-state index is 6.11. The van der Waals surface area contributed by atoms with Crippen LogP contribution in [0.3, 0.4) is 0 Å². The van der Waals surface area contributed by atoms with E-state index in [2.05, 4.69) is 23.0 Å². The molecule has 2 nitrogen and oxygen atoms in total. The molecule has 0 atom stereocenters. The average Bonchev–Trinajstić information content (AvgIpc) is 2.57. The molecule has 5 heteroatoms. The summed E-state index contributed by atoms with van der Waals surface area (Å²) in [7, 11) is 0. The van der Waals surface area contributed by atoms with Gasteiger partial charge in [0, 0.05) is 20.9 Å². The molecular weight excluding hydrogens is 275 g/mol. The summed E-state index contributed by atoms with van der Waals surface area (Å²) < 4.78 is 0. The van der Waals surface area contributed by atoms with Gasteiger partial charge in [0.05, 0.1) is 0 Å². The van der Waals surface area contributed by atoms with Gasteiger partial charge in [0.25, 0.3) is 0 Å². The predicted octanol–water partition coefficient (Wildman–Crippen LogP) is 4.69. The fraction of sp³-hybridized carbons (Fsp3) is 0.333. The zero-order chi connectivity index (χ0) is 12.6. The molecule has 0 unspecified atom stereocenters. The highest BCUT2D eigenvalue weighted by molar-refractivity contribution is 7.12. The van der Waals surface area contributed by atoms with Gasteiger partial charge in [-0.25, -0.2) is 9.97 Å². The van der Waals surface area contributed by atoms with Crippen molar-refractivity contribution in [3.8, 4) is 11.4 Å². The normalized spacial score (nSPS) is 10.9. The second-order valence-electron chi connectivity index (χ2n) is 3.79. The first kappa shape index (κ1) is 12.8. The molecule has 0 aliphatic rings.